The Morgan fingerprint density at radius 3 is 2.32 bits per heavy atom. The van der Waals surface area contributed by atoms with Gasteiger partial charge in [0.15, 0.2) is 0 Å². The molecule has 0 bridgehead atoms. The zero-order valence-corrected chi connectivity index (χ0v) is 14.4. The maximum atomic E-state index is 12.4. The van der Waals surface area contributed by atoms with Gasteiger partial charge in [-0.25, -0.2) is 0 Å². The minimum absolute atomic E-state index is 0.283. The molecule has 1 aliphatic heterocycles. The second-order valence-electron chi connectivity index (χ2n) is 6.92. The molecule has 1 heterocycles. The summed E-state index contributed by atoms with van der Waals surface area (Å²) in [6, 6.07) is 16.6. The van der Waals surface area contributed by atoms with Crippen LogP contribution in [0.1, 0.15) is 22.3 Å². The molecule has 2 aromatic carbocycles. The van der Waals surface area contributed by atoms with Crippen LogP contribution in [0.25, 0.3) is 0 Å². The largest absolute Gasteiger partial charge is 0.371 e. The molecule has 0 N–H and O–H groups in total. The highest BCUT2D eigenvalue weighted by molar-refractivity contribution is 5.83. The van der Waals surface area contributed by atoms with Gasteiger partial charge in [-0.05, 0) is 47.2 Å². The van der Waals surface area contributed by atoms with E-state index in [1.54, 1.807) is 0 Å². The van der Waals surface area contributed by atoms with Crippen LogP contribution in [0, 0.1) is 0 Å². The first-order valence-electron chi connectivity index (χ1n) is 9.07. The first-order valence-corrected chi connectivity index (χ1v) is 9.07. The van der Waals surface area contributed by atoms with Gasteiger partial charge < -0.3 is 4.90 Å². The van der Waals surface area contributed by atoms with Gasteiger partial charge in [0.2, 0.25) is 0 Å². The molecule has 2 nitrogen and oxygen atoms in total. The molecule has 0 atom stereocenters. The Morgan fingerprint density at radius 2 is 1.60 bits per heavy atom. The van der Waals surface area contributed by atoms with E-state index in [9.17, 15) is 4.79 Å². The molecular formula is C23H23NO. The summed E-state index contributed by atoms with van der Waals surface area (Å²) in [5, 5.41) is 0. The highest BCUT2D eigenvalue weighted by Crippen LogP contribution is 2.22. The third-order valence-electron chi connectivity index (χ3n) is 5.12. The van der Waals surface area contributed by atoms with Gasteiger partial charge in [-0.2, -0.15) is 0 Å². The third kappa shape index (κ3) is 3.74. The van der Waals surface area contributed by atoms with Crippen molar-refractivity contribution in [2.24, 2.45) is 0 Å². The molecule has 0 spiro atoms. The molecule has 126 valence electrons. The number of rotatable bonds is 5. The second kappa shape index (κ2) is 7.10. The smallest absolute Gasteiger partial charge is 0.141 e. The van der Waals surface area contributed by atoms with Crippen LogP contribution in [-0.2, 0) is 30.5 Å². The van der Waals surface area contributed by atoms with Crippen molar-refractivity contribution in [3.8, 4) is 0 Å². The molecule has 0 saturated heterocycles. The summed E-state index contributed by atoms with van der Waals surface area (Å²) >= 11 is 0. The van der Waals surface area contributed by atoms with E-state index >= 15 is 0 Å². The summed E-state index contributed by atoms with van der Waals surface area (Å²) in [5.74, 6) is 0.283. The number of hydrogen-bond donors (Lipinski definition) is 0. The second-order valence-corrected chi connectivity index (χ2v) is 6.92. The fourth-order valence-electron chi connectivity index (χ4n) is 3.65. The lowest BCUT2D eigenvalue weighted by molar-refractivity contribution is -0.117. The Bertz CT molecular complexity index is 832. The normalized spacial score (nSPS) is 15.8. The summed E-state index contributed by atoms with van der Waals surface area (Å²) < 4.78 is 0. The van der Waals surface area contributed by atoms with Crippen molar-refractivity contribution in [3.05, 3.63) is 94.7 Å². The summed E-state index contributed by atoms with van der Waals surface area (Å²) in [7, 11) is 0. The number of nitrogens with zero attached hydrogens (tertiary/aromatic N) is 1. The summed E-state index contributed by atoms with van der Waals surface area (Å²) in [5.41, 5.74) is 6.45. The van der Waals surface area contributed by atoms with Gasteiger partial charge in [-0.3, -0.25) is 4.79 Å². The zero-order valence-electron chi connectivity index (χ0n) is 14.4. The minimum atomic E-state index is 0.283. The van der Waals surface area contributed by atoms with Crippen LogP contribution >= 0.6 is 0 Å². The lowest BCUT2D eigenvalue weighted by Crippen LogP contribution is -2.26. The Morgan fingerprint density at radius 1 is 0.880 bits per heavy atom. The number of hydrogen-bond acceptors (Lipinski definition) is 2. The van der Waals surface area contributed by atoms with Gasteiger partial charge in [0, 0.05) is 31.6 Å². The number of ketones is 1. The highest BCUT2D eigenvalue weighted by atomic mass is 16.1. The first kappa shape index (κ1) is 15.9. The van der Waals surface area contributed by atoms with Crippen molar-refractivity contribution < 1.29 is 4.79 Å². The Kier molecular flexibility index (Phi) is 4.51. The number of carbonyl (C=O) groups is 1. The zero-order chi connectivity index (χ0) is 17.1. The molecule has 0 unspecified atom stereocenters. The van der Waals surface area contributed by atoms with Crippen molar-refractivity contribution in [2.75, 3.05) is 13.1 Å². The molecule has 2 aromatic rings. The summed E-state index contributed by atoms with van der Waals surface area (Å²) in [4.78, 5) is 14.8. The number of allylic oxidation sites excluding steroid dienone is 3. The van der Waals surface area contributed by atoms with Crippen LogP contribution in [0.3, 0.4) is 0 Å². The van der Waals surface area contributed by atoms with Gasteiger partial charge in [-0.15, -0.1) is 0 Å². The molecule has 0 saturated carbocycles. The van der Waals surface area contributed by atoms with Crippen LogP contribution in [0.15, 0.2) is 72.5 Å². The van der Waals surface area contributed by atoms with Crippen molar-refractivity contribution >= 4 is 5.78 Å². The van der Waals surface area contributed by atoms with Crippen molar-refractivity contribution in [2.45, 2.75) is 25.7 Å². The van der Waals surface area contributed by atoms with E-state index in [1.165, 1.54) is 16.8 Å². The minimum Gasteiger partial charge on any atom is -0.371 e. The summed E-state index contributed by atoms with van der Waals surface area (Å²) in [6.45, 7) is 2.14. The SMILES string of the molecule is O=C(Cc1ccccc1)Cc1ccc2c(c1)CCN(C1=CC=C1)CC2. The number of carbonyl (C=O) groups excluding carboxylic acids is 1. The quantitative estimate of drug-likeness (QED) is 0.829. The van der Waals surface area contributed by atoms with Crippen LogP contribution < -0.4 is 0 Å². The number of benzene rings is 2. The number of fused-ring (bicyclic) bond motifs is 1. The van der Waals surface area contributed by atoms with Crippen molar-refractivity contribution in [1.29, 1.82) is 0 Å². The molecule has 25 heavy (non-hydrogen) atoms. The predicted molar refractivity (Wildman–Crippen MR) is 102 cm³/mol. The van der Waals surface area contributed by atoms with E-state index in [0.29, 0.717) is 12.8 Å². The van der Waals surface area contributed by atoms with E-state index < -0.39 is 0 Å². The molecular weight excluding hydrogens is 306 g/mol. The number of Topliss-reactive ketones (excluding diaryl/α,β-unsaturated/α-hetero) is 1. The maximum Gasteiger partial charge on any atom is 0.141 e. The highest BCUT2D eigenvalue weighted by Gasteiger charge is 2.17. The standard InChI is InChI=1S/C23H23NO/c25-23(16-18-5-2-1-3-6-18)17-19-9-10-20-11-13-24(22-7-4-8-22)14-12-21(20)15-19/h1-10,15H,11-14,16-17H2. The van der Waals surface area contributed by atoms with Gasteiger partial charge in [0.05, 0.1) is 0 Å². The van der Waals surface area contributed by atoms with Gasteiger partial charge in [0.25, 0.3) is 0 Å². The Balaban J connectivity index is 1.41. The van der Waals surface area contributed by atoms with Crippen molar-refractivity contribution in [3.63, 3.8) is 0 Å². The average molecular weight is 329 g/mol. The molecule has 2 heteroatoms. The van der Waals surface area contributed by atoms with E-state index in [1.807, 2.05) is 30.3 Å². The van der Waals surface area contributed by atoms with Crippen LogP contribution in [0.4, 0.5) is 0 Å². The van der Waals surface area contributed by atoms with Crippen LogP contribution in [0.5, 0.6) is 0 Å². The van der Waals surface area contributed by atoms with E-state index in [0.717, 1.165) is 37.1 Å². The monoisotopic (exact) mass is 329 g/mol. The van der Waals surface area contributed by atoms with E-state index in [4.69, 9.17) is 0 Å². The van der Waals surface area contributed by atoms with Gasteiger partial charge in [0.1, 0.15) is 5.78 Å². The molecule has 0 amide bonds. The van der Waals surface area contributed by atoms with E-state index in [-0.39, 0.29) is 5.78 Å². The van der Waals surface area contributed by atoms with Gasteiger partial charge >= 0.3 is 0 Å². The topological polar surface area (TPSA) is 20.3 Å². The average Bonchev–Trinajstić information content (AvgIpc) is 2.77. The fourth-order valence-corrected chi connectivity index (χ4v) is 3.65. The van der Waals surface area contributed by atoms with Crippen molar-refractivity contribution in [1.82, 2.24) is 4.90 Å². The molecule has 0 fully saturated rings. The maximum absolute atomic E-state index is 12.4. The molecule has 2 aliphatic rings. The van der Waals surface area contributed by atoms with Crippen LogP contribution in [0.2, 0.25) is 0 Å². The lowest BCUT2D eigenvalue weighted by atomic mass is 9.96. The Hall–Kier alpha value is -2.61. The molecule has 0 radical (unpaired) electrons. The molecule has 0 aromatic heterocycles. The third-order valence-corrected chi connectivity index (χ3v) is 5.12. The first-order chi connectivity index (χ1) is 12.3. The fraction of sp³-hybridized carbons (Fsp3) is 0.261. The lowest BCUT2D eigenvalue weighted by Gasteiger charge is -2.26. The summed E-state index contributed by atoms with van der Waals surface area (Å²) in [6.07, 6.45) is 9.66. The van der Waals surface area contributed by atoms with Gasteiger partial charge in [-0.1, -0.05) is 54.6 Å². The van der Waals surface area contributed by atoms with Crippen LogP contribution in [-0.4, -0.2) is 23.8 Å². The Labute approximate surface area is 149 Å². The molecule has 1 aliphatic carbocycles. The molecule has 4 rings (SSSR count). The van der Waals surface area contributed by atoms with E-state index in [2.05, 4.69) is 41.3 Å². The predicted octanol–water partition coefficient (Wildman–Crippen LogP) is 3.90.